The van der Waals surface area contributed by atoms with E-state index < -0.39 is 0 Å². The maximum Gasteiger partial charge on any atom is 0.131 e. The molecule has 0 aromatic carbocycles. The summed E-state index contributed by atoms with van der Waals surface area (Å²) < 4.78 is 0. The van der Waals surface area contributed by atoms with Crippen LogP contribution in [0.5, 0.6) is 0 Å². The second-order valence-corrected chi connectivity index (χ2v) is 3.74. The second kappa shape index (κ2) is 7.34. The first-order valence-corrected chi connectivity index (χ1v) is 5.02. The molecule has 0 spiro atoms. The van der Waals surface area contributed by atoms with Crippen LogP contribution in [0.1, 0.15) is 45.4 Å². The Hall–Kier alpha value is -0.0800. The maximum atomic E-state index is 10.6. The first-order chi connectivity index (χ1) is 5.79. The largest absolute Gasteiger partial charge is 0.314 e. The van der Waals surface area contributed by atoms with Crippen LogP contribution in [0.25, 0.3) is 0 Å². The number of rotatable bonds is 4. The SMILES string of the molecule is CC(=O)CCNC1CCCCC1.Cl. The van der Waals surface area contributed by atoms with Crippen LogP contribution in [0.15, 0.2) is 0 Å². The molecule has 78 valence electrons. The second-order valence-electron chi connectivity index (χ2n) is 3.74. The number of Topliss-reactive ketones (excluding diaryl/α,β-unsaturated/α-hetero) is 1. The fraction of sp³-hybridized carbons (Fsp3) is 0.900. The lowest BCUT2D eigenvalue weighted by atomic mass is 9.95. The third-order valence-electron chi connectivity index (χ3n) is 2.52. The van der Waals surface area contributed by atoms with Gasteiger partial charge in [0.25, 0.3) is 0 Å². The number of nitrogens with one attached hydrogen (secondary N) is 1. The quantitative estimate of drug-likeness (QED) is 0.763. The molecule has 1 fully saturated rings. The zero-order valence-electron chi connectivity index (χ0n) is 8.34. The predicted octanol–water partition coefficient (Wildman–Crippen LogP) is 2.31. The highest BCUT2D eigenvalue weighted by molar-refractivity contribution is 5.85. The van der Waals surface area contributed by atoms with Crippen LogP contribution in [0.3, 0.4) is 0 Å². The molecule has 1 N–H and O–H groups in total. The normalized spacial score (nSPS) is 17.9. The van der Waals surface area contributed by atoms with Gasteiger partial charge in [-0.25, -0.2) is 0 Å². The molecular weight excluding hydrogens is 186 g/mol. The Morgan fingerprint density at radius 1 is 1.31 bits per heavy atom. The first kappa shape index (κ1) is 12.9. The van der Waals surface area contributed by atoms with Gasteiger partial charge in [0.15, 0.2) is 0 Å². The van der Waals surface area contributed by atoms with Gasteiger partial charge in [0.2, 0.25) is 0 Å². The van der Waals surface area contributed by atoms with Gasteiger partial charge in [0, 0.05) is 19.0 Å². The molecule has 3 heteroatoms. The van der Waals surface area contributed by atoms with Crippen molar-refractivity contribution in [2.45, 2.75) is 51.5 Å². The molecule has 0 saturated heterocycles. The van der Waals surface area contributed by atoms with Gasteiger partial charge in [-0.3, -0.25) is 4.79 Å². The number of ketones is 1. The molecule has 2 nitrogen and oxygen atoms in total. The summed E-state index contributed by atoms with van der Waals surface area (Å²) in [5.74, 6) is 0.290. The smallest absolute Gasteiger partial charge is 0.131 e. The third-order valence-corrected chi connectivity index (χ3v) is 2.52. The van der Waals surface area contributed by atoms with Crippen molar-refractivity contribution in [3.63, 3.8) is 0 Å². The van der Waals surface area contributed by atoms with Crippen molar-refractivity contribution in [1.29, 1.82) is 0 Å². The Morgan fingerprint density at radius 2 is 1.92 bits per heavy atom. The minimum atomic E-state index is 0. The van der Waals surface area contributed by atoms with Gasteiger partial charge in [0.1, 0.15) is 5.78 Å². The Bertz CT molecular complexity index is 144. The minimum absolute atomic E-state index is 0. The molecule has 0 radical (unpaired) electrons. The molecule has 1 aliphatic rings. The summed E-state index contributed by atoms with van der Waals surface area (Å²) >= 11 is 0. The van der Waals surface area contributed by atoms with E-state index in [0.29, 0.717) is 18.2 Å². The highest BCUT2D eigenvalue weighted by atomic mass is 35.5. The van der Waals surface area contributed by atoms with E-state index in [1.165, 1.54) is 32.1 Å². The molecule has 1 rings (SSSR count). The molecular formula is C10H20ClNO. The van der Waals surface area contributed by atoms with E-state index in [0.717, 1.165) is 6.54 Å². The van der Waals surface area contributed by atoms with Crippen molar-refractivity contribution < 1.29 is 4.79 Å². The summed E-state index contributed by atoms with van der Waals surface area (Å²) in [6.07, 6.45) is 7.41. The highest BCUT2D eigenvalue weighted by Crippen LogP contribution is 2.16. The van der Waals surface area contributed by atoms with Crippen molar-refractivity contribution in [3.05, 3.63) is 0 Å². The van der Waals surface area contributed by atoms with Gasteiger partial charge in [0.05, 0.1) is 0 Å². The van der Waals surface area contributed by atoms with E-state index in [4.69, 9.17) is 0 Å². The summed E-state index contributed by atoms with van der Waals surface area (Å²) in [6, 6.07) is 0.693. The van der Waals surface area contributed by atoms with Gasteiger partial charge < -0.3 is 5.32 Å². The molecule has 0 heterocycles. The molecule has 0 amide bonds. The van der Waals surface area contributed by atoms with E-state index in [2.05, 4.69) is 5.32 Å². The lowest BCUT2D eigenvalue weighted by molar-refractivity contribution is -0.116. The zero-order valence-corrected chi connectivity index (χ0v) is 9.16. The number of halogens is 1. The van der Waals surface area contributed by atoms with Gasteiger partial charge in [-0.2, -0.15) is 0 Å². The molecule has 0 aliphatic heterocycles. The van der Waals surface area contributed by atoms with Crippen molar-refractivity contribution in [2.24, 2.45) is 0 Å². The van der Waals surface area contributed by atoms with Crippen molar-refractivity contribution in [1.82, 2.24) is 5.32 Å². The lowest BCUT2D eigenvalue weighted by Crippen LogP contribution is -2.32. The summed E-state index contributed by atoms with van der Waals surface area (Å²) in [4.78, 5) is 10.6. The van der Waals surface area contributed by atoms with Crippen LogP contribution in [0.2, 0.25) is 0 Å². The average molecular weight is 206 g/mol. The summed E-state index contributed by atoms with van der Waals surface area (Å²) in [6.45, 7) is 2.53. The van der Waals surface area contributed by atoms with Crippen LogP contribution in [-0.2, 0) is 4.79 Å². The van der Waals surface area contributed by atoms with Crippen LogP contribution in [0, 0.1) is 0 Å². The summed E-state index contributed by atoms with van der Waals surface area (Å²) in [7, 11) is 0. The Kier molecular flexibility index (Phi) is 7.29. The number of carbonyl (C=O) groups excluding carboxylic acids is 1. The minimum Gasteiger partial charge on any atom is -0.314 e. The van der Waals surface area contributed by atoms with E-state index in [9.17, 15) is 4.79 Å². The summed E-state index contributed by atoms with van der Waals surface area (Å²) in [5.41, 5.74) is 0. The van der Waals surface area contributed by atoms with E-state index >= 15 is 0 Å². The van der Waals surface area contributed by atoms with Crippen LogP contribution >= 0.6 is 12.4 Å². The summed E-state index contributed by atoms with van der Waals surface area (Å²) in [5, 5.41) is 3.43. The van der Waals surface area contributed by atoms with Crippen LogP contribution in [0.4, 0.5) is 0 Å². The monoisotopic (exact) mass is 205 g/mol. The molecule has 0 aromatic rings. The van der Waals surface area contributed by atoms with Crippen molar-refractivity contribution in [2.75, 3.05) is 6.54 Å². The van der Waals surface area contributed by atoms with E-state index in [-0.39, 0.29) is 12.4 Å². The standard InChI is InChI=1S/C10H19NO.ClH/c1-9(12)7-8-11-10-5-3-2-4-6-10;/h10-11H,2-8H2,1H3;1H. The van der Waals surface area contributed by atoms with E-state index in [1.54, 1.807) is 6.92 Å². The van der Waals surface area contributed by atoms with Crippen molar-refractivity contribution in [3.8, 4) is 0 Å². The number of carbonyl (C=O) groups is 1. The molecule has 1 aliphatic carbocycles. The van der Waals surface area contributed by atoms with Gasteiger partial charge >= 0.3 is 0 Å². The highest BCUT2D eigenvalue weighted by Gasteiger charge is 2.11. The third kappa shape index (κ3) is 6.05. The molecule has 0 aromatic heterocycles. The molecule has 0 atom stereocenters. The Labute approximate surface area is 86.9 Å². The molecule has 0 bridgehead atoms. The Balaban J connectivity index is 0.00000144. The van der Waals surface area contributed by atoms with Gasteiger partial charge in [-0.1, -0.05) is 19.3 Å². The predicted molar refractivity (Wildman–Crippen MR) is 57.4 cm³/mol. The Morgan fingerprint density at radius 3 is 2.46 bits per heavy atom. The van der Waals surface area contributed by atoms with Crippen LogP contribution in [-0.4, -0.2) is 18.4 Å². The molecule has 0 unspecified atom stereocenters. The van der Waals surface area contributed by atoms with Gasteiger partial charge in [-0.15, -0.1) is 12.4 Å². The fourth-order valence-electron chi connectivity index (χ4n) is 1.76. The number of hydrogen-bond donors (Lipinski definition) is 1. The average Bonchev–Trinajstić information content (AvgIpc) is 2.05. The zero-order chi connectivity index (χ0) is 8.81. The molecule has 1 saturated carbocycles. The topological polar surface area (TPSA) is 29.1 Å². The molecule has 13 heavy (non-hydrogen) atoms. The van der Waals surface area contributed by atoms with Gasteiger partial charge in [-0.05, 0) is 19.8 Å². The number of hydrogen-bond acceptors (Lipinski definition) is 2. The van der Waals surface area contributed by atoms with E-state index in [1.807, 2.05) is 0 Å². The van der Waals surface area contributed by atoms with Crippen molar-refractivity contribution >= 4 is 18.2 Å². The lowest BCUT2D eigenvalue weighted by Gasteiger charge is -2.22. The van der Waals surface area contributed by atoms with Crippen LogP contribution < -0.4 is 5.32 Å². The first-order valence-electron chi connectivity index (χ1n) is 5.02. The maximum absolute atomic E-state index is 10.6. The fourth-order valence-corrected chi connectivity index (χ4v) is 1.76.